The third-order valence-electron chi connectivity index (χ3n) is 5.41. The number of aldehydes is 1. The fourth-order valence-electron chi connectivity index (χ4n) is 3.89. The maximum atomic E-state index is 12.5. The Morgan fingerprint density at radius 1 is 0.824 bits per heavy atom. The Kier molecular flexibility index (Phi) is 13.3. The number of hydrogen-bond acceptors (Lipinski definition) is 9. The molecule has 0 radical (unpaired) electrons. The van der Waals surface area contributed by atoms with Crippen LogP contribution in [0.2, 0.25) is 0 Å². The van der Waals surface area contributed by atoms with E-state index in [2.05, 4.69) is 5.32 Å². The minimum Gasteiger partial charge on any atom is -0.480 e. The van der Waals surface area contributed by atoms with Crippen LogP contribution in [0, 0.1) is 0 Å². The van der Waals surface area contributed by atoms with Crippen molar-refractivity contribution in [2.75, 3.05) is 72.0 Å². The lowest BCUT2D eigenvalue weighted by Gasteiger charge is -2.37. The predicted molar refractivity (Wildman–Crippen MR) is 122 cm³/mol. The minimum atomic E-state index is -1.08. The van der Waals surface area contributed by atoms with Gasteiger partial charge in [0.2, 0.25) is 5.91 Å². The summed E-state index contributed by atoms with van der Waals surface area (Å²) in [5, 5.41) is 30.9. The predicted octanol–water partition coefficient (Wildman–Crippen LogP) is -2.06. The summed E-state index contributed by atoms with van der Waals surface area (Å²) in [6.07, 6.45) is 0.700. The quantitative estimate of drug-likeness (QED) is 0.235. The molecule has 4 N–H and O–H groups in total. The maximum absolute atomic E-state index is 12.5. The van der Waals surface area contributed by atoms with Crippen molar-refractivity contribution in [3.8, 4) is 0 Å². The number of amides is 1. The van der Waals surface area contributed by atoms with Crippen molar-refractivity contribution in [2.45, 2.75) is 32.4 Å². The Hall–Kier alpha value is -2.61. The Balaban J connectivity index is 3.24. The second-order valence-corrected chi connectivity index (χ2v) is 8.71. The van der Waals surface area contributed by atoms with Gasteiger partial charge in [-0.2, -0.15) is 0 Å². The number of rotatable bonds is 11. The van der Waals surface area contributed by atoms with Crippen molar-refractivity contribution in [1.29, 1.82) is 0 Å². The van der Waals surface area contributed by atoms with Gasteiger partial charge in [-0.3, -0.25) is 38.8 Å². The van der Waals surface area contributed by atoms with Crippen molar-refractivity contribution < 1.29 is 39.3 Å². The van der Waals surface area contributed by atoms with E-state index in [0.29, 0.717) is 19.6 Å². The zero-order valence-electron chi connectivity index (χ0n) is 19.9. The molecule has 1 aliphatic heterocycles. The van der Waals surface area contributed by atoms with Crippen LogP contribution in [0.15, 0.2) is 0 Å². The highest BCUT2D eigenvalue weighted by Gasteiger charge is 2.28. The van der Waals surface area contributed by atoms with Crippen LogP contribution in [-0.2, 0) is 24.0 Å². The molecular weight excluding hydrogens is 450 g/mol. The molecule has 34 heavy (non-hydrogen) atoms. The van der Waals surface area contributed by atoms with E-state index in [1.54, 1.807) is 33.4 Å². The van der Waals surface area contributed by atoms with E-state index in [1.165, 1.54) is 0 Å². The zero-order valence-corrected chi connectivity index (χ0v) is 19.9. The molecule has 1 heterocycles. The molecule has 13 nitrogen and oxygen atoms in total. The summed E-state index contributed by atoms with van der Waals surface area (Å²) < 4.78 is 0. The molecule has 1 saturated heterocycles. The summed E-state index contributed by atoms with van der Waals surface area (Å²) in [5.74, 6) is -3.46. The number of nitrogens with one attached hydrogen (secondary N) is 1. The summed E-state index contributed by atoms with van der Waals surface area (Å²) in [5.41, 5.74) is 0. The highest BCUT2D eigenvalue weighted by Crippen LogP contribution is 2.10. The van der Waals surface area contributed by atoms with E-state index in [9.17, 15) is 39.3 Å². The van der Waals surface area contributed by atoms with Gasteiger partial charge in [-0.15, -0.1) is 0 Å². The number of carboxylic acids is 3. The summed E-state index contributed by atoms with van der Waals surface area (Å²) in [7, 11) is 0. The minimum absolute atomic E-state index is 0.0336. The molecule has 0 aromatic rings. The highest BCUT2D eigenvalue weighted by atomic mass is 16.4. The summed E-state index contributed by atoms with van der Waals surface area (Å²) in [4.78, 5) is 64.8. The summed E-state index contributed by atoms with van der Waals surface area (Å²) in [6, 6.07) is -0.714. The van der Waals surface area contributed by atoms with Crippen LogP contribution in [0.5, 0.6) is 0 Å². The molecule has 1 rings (SSSR count). The smallest absolute Gasteiger partial charge is 0.317 e. The van der Waals surface area contributed by atoms with E-state index >= 15 is 0 Å². The highest BCUT2D eigenvalue weighted by molar-refractivity contribution is 5.77. The first-order valence-electron chi connectivity index (χ1n) is 11.3. The molecule has 1 unspecified atom stereocenters. The molecule has 194 valence electrons. The number of nitrogens with zero attached hydrogens (tertiary/aromatic N) is 4. The van der Waals surface area contributed by atoms with Crippen LogP contribution < -0.4 is 5.32 Å². The summed E-state index contributed by atoms with van der Waals surface area (Å²) in [6.45, 7) is 4.68. The Morgan fingerprint density at radius 2 is 1.32 bits per heavy atom. The lowest BCUT2D eigenvalue weighted by atomic mass is 10.1. The van der Waals surface area contributed by atoms with Gasteiger partial charge in [0.15, 0.2) is 0 Å². The van der Waals surface area contributed by atoms with E-state index in [0.717, 1.165) is 6.29 Å². The van der Waals surface area contributed by atoms with Gasteiger partial charge in [-0.25, -0.2) is 0 Å². The van der Waals surface area contributed by atoms with Gasteiger partial charge in [0.25, 0.3) is 0 Å². The van der Waals surface area contributed by atoms with Crippen LogP contribution in [-0.4, -0.2) is 149 Å². The van der Waals surface area contributed by atoms with E-state index < -0.39 is 23.9 Å². The molecule has 0 bridgehead atoms. The first-order chi connectivity index (χ1) is 16.0. The Morgan fingerprint density at radius 3 is 1.85 bits per heavy atom. The van der Waals surface area contributed by atoms with Gasteiger partial charge in [0.1, 0.15) is 6.29 Å². The van der Waals surface area contributed by atoms with E-state index in [-0.39, 0.29) is 70.7 Å². The van der Waals surface area contributed by atoms with Gasteiger partial charge in [0.05, 0.1) is 26.2 Å². The molecule has 13 heteroatoms. The third kappa shape index (κ3) is 12.6. The Bertz CT molecular complexity index is 705. The van der Waals surface area contributed by atoms with Gasteiger partial charge in [-0.1, -0.05) is 0 Å². The number of carbonyl (C=O) groups excluding carboxylic acids is 2. The van der Waals surface area contributed by atoms with Gasteiger partial charge < -0.3 is 25.4 Å². The standard InChI is InChI=1S/C21H37N5O8/c1-16(2)22-18(28)11-17-12-25(14-20(31)32)6-5-24(13-19(29)30)4-3-23(9-10-27)7-8-26(17)15-21(33)34/h10,16-17H,3-9,11-15H2,1-2H3,(H,22,28)(H,29,30)(H,31,32)(H,33,34). The van der Waals surface area contributed by atoms with Gasteiger partial charge in [0, 0.05) is 64.3 Å². The van der Waals surface area contributed by atoms with Crippen LogP contribution in [0.25, 0.3) is 0 Å². The maximum Gasteiger partial charge on any atom is 0.317 e. The van der Waals surface area contributed by atoms with Gasteiger partial charge in [-0.05, 0) is 13.8 Å². The lowest BCUT2D eigenvalue weighted by molar-refractivity contribution is -0.141. The van der Waals surface area contributed by atoms with Crippen molar-refractivity contribution in [3.05, 3.63) is 0 Å². The van der Waals surface area contributed by atoms with Crippen LogP contribution in [0.1, 0.15) is 20.3 Å². The topological polar surface area (TPSA) is 171 Å². The van der Waals surface area contributed by atoms with Crippen molar-refractivity contribution >= 4 is 30.1 Å². The molecular formula is C21H37N5O8. The van der Waals surface area contributed by atoms with E-state index in [1.807, 2.05) is 0 Å². The van der Waals surface area contributed by atoms with Crippen LogP contribution >= 0.6 is 0 Å². The second-order valence-electron chi connectivity index (χ2n) is 8.71. The molecule has 1 atom stereocenters. The van der Waals surface area contributed by atoms with Crippen molar-refractivity contribution in [2.24, 2.45) is 0 Å². The molecule has 0 spiro atoms. The molecule has 1 amide bonds. The first-order valence-corrected chi connectivity index (χ1v) is 11.3. The van der Waals surface area contributed by atoms with Gasteiger partial charge >= 0.3 is 17.9 Å². The Labute approximate surface area is 199 Å². The summed E-state index contributed by atoms with van der Waals surface area (Å²) >= 11 is 0. The lowest BCUT2D eigenvalue weighted by Crippen LogP contribution is -2.53. The average molecular weight is 488 g/mol. The SMILES string of the molecule is CC(C)NC(=O)CC1CN(CC(=O)O)CCN(CC(=O)O)CCN(CC=O)CCN1CC(=O)O. The fraction of sp³-hybridized carbons (Fsp3) is 0.762. The number of aliphatic carboxylic acids is 3. The fourth-order valence-corrected chi connectivity index (χ4v) is 3.89. The molecule has 1 aliphatic rings. The third-order valence-corrected chi connectivity index (χ3v) is 5.41. The monoisotopic (exact) mass is 487 g/mol. The zero-order chi connectivity index (χ0) is 25.7. The number of carboxylic acid groups (broad SMARTS) is 3. The van der Waals surface area contributed by atoms with Crippen LogP contribution in [0.3, 0.4) is 0 Å². The normalized spacial score (nSPS) is 20.3. The largest absolute Gasteiger partial charge is 0.480 e. The molecule has 0 aromatic heterocycles. The van der Waals surface area contributed by atoms with Crippen molar-refractivity contribution in [1.82, 2.24) is 24.9 Å². The van der Waals surface area contributed by atoms with E-state index in [4.69, 9.17) is 0 Å². The average Bonchev–Trinajstić information content (AvgIpc) is 2.69. The molecule has 0 aromatic carbocycles. The van der Waals surface area contributed by atoms with Crippen LogP contribution in [0.4, 0.5) is 0 Å². The number of hydrogen-bond donors (Lipinski definition) is 4. The molecule has 1 fully saturated rings. The first kappa shape index (κ1) is 29.4. The molecule has 0 aliphatic carbocycles. The second kappa shape index (κ2) is 15.3. The van der Waals surface area contributed by atoms with Crippen molar-refractivity contribution in [3.63, 3.8) is 0 Å². The number of carbonyl (C=O) groups is 5. The molecule has 0 saturated carbocycles.